The lowest BCUT2D eigenvalue weighted by molar-refractivity contribution is 0.0696. The molecule has 2 aromatic carbocycles. The van der Waals surface area contributed by atoms with Crippen LogP contribution in [0.2, 0.25) is 0 Å². The van der Waals surface area contributed by atoms with Crippen molar-refractivity contribution >= 4 is 39.0 Å². The van der Waals surface area contributed by atoms with Gasteiger partial charge in [0.2, 0.25) is 0 Å². The van der Waals surface area contributed by atoms with E-state index in [0.29, 0.717) is 27.9 Å². The fourth-order valence-electron chi connectivity index (χ4n) is 3.42. The van der Waals surface area contributed by atoms with Crippen LogP contribution in [-0.4, -0.2) is 29.8 Å². The summed E-state index contributed by atoms with van der Waals surface area (Å²) in [5.74, 6) is -1.03. The molecule has 27 heavy (non-hydrogen) atoms. The number of aryl methyl sites for hydroxylation is 2. The Morgan fingerprint density at radius 2 is 1.96 bits per heavy atom. The first-order valence-corrected chi connectivity index (χ1v) is 9.33. The van der Waals surface area contributed by atoms with Crippen molar-refractivity contribution in [2.75, 3.05) is 0 Å². The maximum absolute atomic E-state index is 11.8. The molecule has 0 aliphatic heterocycles. The van der Waals surface area contributed by atoms with Crippen LogP contribution in [0.4, 0.5) is 0 Å². The van der Waals surface area contributed by atoms with Gasteiger partial charge in [-0.2, -0.15) is 0 Å². The molecule has 7 heteroatoms. The molecule has 4 rings (SSSR count). The zero-order valence-corrected chi connectivity index (χ0v) is 15.4. The number of aromatic amines is 1. The summed E-state index contributed by atoms with van der Waals surface area (Å²) in [6.45, 7) is 3.70. The number of hydrogen-bond acceptors (Lipinski definition) is 3. The number of nitrogens with zero attached hydrogens (tertiary/aromatic N) is 1. The monoisotopic (exact) mass is 380 g/mol. The third-order valence-electron chi connectivity index (χ3n) is 4.70. The van der Waals surface area contributed by atoms with Gasteiger partial charge in [-0.25, -0.2) is 14.0 Å². The first-order chi connectivity index (χ1) is 12.9. The summed E-state index contributed by atoms with van der Waals surface area (Å²) < 4.78 is 20.9. The minimum atomic E-state index is -2.12. The van der Waals surface area contributed by atoms with E-state index in [-0.39, 0.29) is 10.5 Å². The Hall–Kier alpha value is -3.03. The molecule has 1 unspecified atom stereocenters. The largest absolute Gasteiger partial charge is 0.478 e. The Kier molecular flexibility index (Phi) is 4.05. The van der Waals surface area contributed by atoms with Gasteiger partial charge in [0.25, 0.3) is 0 Å². The second-order valence-electron chi connectivity index (χ2n) is 6.46. The standard InChI is InChI=1S/C20H16N2O4S/c1-10-6-16-17-15(12-4-3-5-13(7-12)27(25)26)8-14(20(23)24)11(2)18(17)22-19(16)21-9-10/h3-9H,1-2H3,(H,21,22)(H,23,24)(H,25,26). The van der Waals surface area contributed by atoms with Crippen molar-refractivity contribution in [2.24, 2.45) is 0 Å². The predicted molar refractivity (Wildman–Crippen MR) is 105 cm³/mol. The lowest BCUT2D eigenvalue weighted by Crippen LogP contribution is -2.01. The van der Waals surface area contributed by atoms with Gasteiger partial charge < -0.3 is 14.6 Å². The highest BCUT2D eigenvalue weighted by molar-refractivity contribution is 7.79. The number of nitrogens with one attached hydrogen (secondary N) is 1. The molecule has 0 fully saturated rings. The normalized spacial score (nSPS) is 12.6. The van der Waals surface area contributed by atoms with Gasteiger partial charge in [-0.15, -0.1) is 0 Å². The molecule has 0 spiro atoms. The van der Waals surface area contributed by atoms with Crippen molar-refractivity contribution < 1.29 is 18.7 Å². The Balaban J connectivity index is 2.18. The quantitative estimate of drug-likeness (QED) is 0.460. The Bertz CT molecular complexity index is 1260. The molecule has 136 valence electrons. The summed E-state index contributed by atoms with van der Waals surface area (Å²) in [4.78, 5) is 19.7. The third-order valence-corrected chi connectivity index (χ3v) is 5.36. The van der Waals surface area contributed by atoms with E-state index in [1.165, 1.54) is 0 Å². The zero-order chi connectivity index (χ0) is 19.3. The third kappa shape index (κ3) is 2.81. The minimum Gasteiger partial charge on any atom is -0.478 e. The summed E-state index contributed by atoms with van der Waals surface area (Å²) >= 11 is -2.12. The molecule has 4 aromatic rings. The average Bonchev–Trinajstić information content (AvgIpc) is 3.01. The van der Waals surface area contributed by atoms with E-state index in [2.05, 4.69) is 9.97 Å². The molecule has 0 amide bonds. The fraction of sp³-hybridized carbons (Fsp3) is 0.100. The van der Waals surface area contributed by atoms with Crippen molar-refractivity contribution in [3.05, 3.63) is 59.3 Å². The first-order valence-electron chi connectivity index (χ1n) is 8.23. The van der Waals surface area contributed by atoms with Crippen molar-refractivity contribution in [2.45, 2.75) is 18.7 Å². The Morgan fingerprint density at radius 3 is 2.67 bits per heavy atom. The summed E-state index contributed by atoms with van der Waals surface area (Å²) in [5.41, 5.74) is 4.51. The number of rotatable bonds is 3. The highest BCUT2D eigenvalue weighted by atomic mass is 32.2. The second-order valence-corrected chi connectivity index (χ2v) is 7.43. The molecule has 0 saturated carbocycles. The molecule has 0 radical (unpaired) electrons. The number of carbonyl (C=O) groups is 1. The van der Waals surface area contributed by atoms with Gasteiger partial charge in [-0.3, -0.25) is 0 Å². The molecular formula is C20H16N2O4S. The number of fused-ring (bicyclic) bond motifs is 3. The molecule has 1 atom stereocenters. The lowest BCUT2D eigenvalue weighted by Gasteiger charge is -2.11. The maximum Gasteiger partial charge on any atom is 0.336 e. The van der Waals surface area contributed by atoms with Crippen molar-refractivity contribution in [3.8, 4) is 11.1 Å². The van der Waals surface area contributed by atoms with Gasteiger partial charge in [-0.1, -0.05) is 12.1 Å². The van der Waals surface area contributed by atoms with E-state index in [1.807, 2.05) is 13.0 Å². The van der Waals surface area contributed by atoms with Crippen LogP contribution in [-0.2, 0) is 11.1 Å². The Labute approximate surface area is 157 Å². The van der Waals surface area contributed by atoms with Crippen LogP contribution in [0.1, 0.15) is 21.5 Å². The summed E-state index contributed by atoms with van der Waals surface area (Å²) in [7, 11) is 0. The summed E-state index contributed by atoms with van der Waals surface area (Å²) in [6, 6.07) is 10.3. The van der Waals surface area contributed by atoms with Crippen LogP contribution in [0.15, 0.2) is 47.5 Å². The number of H-pyrrole nitrogens is 1. The molecule has 3 N–H and O–H groups in total. The minimum absolute atomic E-state index is 0.177. The van der Waals surface area contributed by atoms with Crippen molar-refractivity contribution in [3.63, 3.8) is 0 Å². The molecule has 6 nitrogen and oxygen atoms in total. The average molecular weight is 380 g/mol. The number of aromatic carboxylic acids is 1. The van der Waals surface area contributed by atoms with Crippen LogP contribution < -0.4 is 0 Å². The summed E-state index contributed by atoms with van der Waals surface area (Å²) in [6.07, 6.45) is 1.75. The number of aromatic nitrogens is 2. The van der Waals surface area contributed by atoms with E-state index in [9.17, 15) is 18.7 Å². The smallest absolute Gasteiger partial charge is 0.336 e. The maximum atomic E-state index is 11.8. The lowest BCUT2D eigenvalue weighted by atomic mass is 9.94. The van der Waals surface area contributed by atoms with Gasteiger partial charge in [0.05, 0.1) is 16.0 Å². The molecule has 0 aliphatic carbocycles. The second kappa shape index (κ2) is 6.29. The fourth-order valence-corrected chi connectivity index (χ4v) is 3.84. The zero-order valence-electron chi connectivity index (χ0n) is 14.6. The van der Waals surface area contributed by atoms with E-state index in [4.69, 9.17) is 0 Å². The molecule has 0 bridgehead atoms. The first kappa shape index (κ1) is 17.4. The number of pyridine rings is 1. The van der Waals surface area contributed by atoms with Gasteiger partial charge >= 0.3 is 5.97 Å². The Morgan fingerprint density at radius 1 is 1.19 bits per heavy atom. The van der Waals surface area contributed by atoms with Crippen molar-refractivity contribution in [1.82, 2.24) is 9.97 Å². The van der Waals surface area contributed by atoms with Crippen LogP contribution in [0.5, 0.6) is 0 Å². The SMILES string of the molecule is Cc1cnc2[nH]c3c(C)c(C(=O)O)cc(-c4cccc(S(=O)O)c4)c3c2c1. The topological polar surface area (TPSA) is 103 Å². The van der Waals surface area contributed by atoms with Gasteiger partial charge in [0.15, 0.2) is 11.1 Å². The van der Waals surface area contributed by atoms with Crippen molar-refractivity contribution in [1.29, 1.82) is 0 Å². The van der Waals surface area contributed by atoms with Crippen LogP contribution >= 0.6 is 0 Å². The molecule has 0 aliphatic rings. The van der Waals surface area contributed by atoms with Crippen LogP contribution in [0.3, 0.4) is 0 Å². The highest BCUT2D eigenvalue weighted by Gasteiger charge is 2.20. The highest BCUT2D eigenvalue weighted by Crippen LogP contribution is 2.38. The molecular weight excluding hydrogens is 364 g/mol. The van der Waals surface area contributed by atoms with Gasteiger partial charge in [-0.05, 0) is 60.4 Å². The predicted octanol–water partition coefficient (Wildman–Crippen LogP) is 4.28. The molecule has 0 saturated heterocycles. The molecule has 2 heterocycles. The number of carboxylic acids is 1. The van der Waals surface area contributed by atoms with E-state index in [1.54, 1.807) is 43.5 Å². The van der Waals surface area contributed by atoms with E-state index < -0.39 is 17.0 Å². The number of hydrogen-bond donors (Lipinski definition) is 3. The van der Waals surface area contributed by atoms with Gasteiger partial charge in [0.1, 0.15) is 5.65 Å². The number of benzene rings is 2. The summed E-state index contributed by atoms with van der Waals surface area (Å²) in [5, 5.41) is 11.4. The van der Waals surface area contributed by atoms with E-state index >= 15 is 0 Å². The van der Waals surface area contributed by atoms with Crippen LogP contribution in [0, 0.1) is 13.8 Å². The molecule has 2 aromatic heterocycles. The number of carboxylic acid groups (broad SMARTS) is 1. The van der Waals surface area contributed by atoms with E-state index in [0.717, 1.165) is 16.3 Å². The van der Waals surface area contributed by atoms with Crippen LogP contribution in [0.25, 0.3) is 33.1 Å². The van der Waals surface area contributed by atoms with Gasteiger partial charge in [0, 0.05) is 17.0 Å².